The molecule has 1 fully saturated rings. The van der Waals surface area contributed by atoms with E-state index in [-0.39, 0.29) is 30.3 Å². The number of rotatable bonds is 6. The summed E-state index contributed by atoms with van der Waals surface area (Å²) in [6.45, 7) is 3.12. The second-order valence-electron chi connectivity index (χ2n) is 6.13. The minimum absolute atomic E-state index is 0. The zero-order chi connectivity index (χ0) is 16.8. The summed E-state index contributed by atoms with van der Waals surface area (Å²) in [6.07, 6.45) is 2.41. The van der Waals surface area contributed by atoms with Crippen LogP contribution in [-0.4, -0.2) is 42.0 Å². The number of halogens is 1. The maximum atomic E-state index is 12.7. The number of nitrogens with zero attached hydrogens (tertiary/aromatic N) is 1. The number of carbonyl (C=O) groups is 2. The van der Waals surface area contributed by atoms with Crippen LogP contribution in [0.2, 0.25) is 0 Å². The Morgan fingerprint density at radius 2 is 1.96 bits per heavy atom. The summed E-state index contributed by atoms with van der Waals surface area (Å²) < 4.78 is 0. The van der Waals surface area contributed by atoms with Crippen LogP contribution in [-0.2, 0) is 4.79 Å². The molecule has 1 aliphatic rings. The molecule has 0 saturated carbocycles. The van der Waals surface area contributed by atoms with Gasteiger partial charge in [0.1, 0.15) is 6.04 Å². The Hall–Kier alpha value is -1.79. The molecule has 0 bridgehead atoms. The molecule has 1 saturated heterocycles. The van der Waals surface area contributed by atoms with Gasteiger partial charge in [-0.3, -0.25) is 4.79 Å². The van der Waals surface area contributed by atoms with E-state index in [4.69, 9.17) is 11.5 Å². The Morgan fingerprint density at radius 3 is 2.54 bits per heavy atom. The van der Waals surface area contributed by atoms with Gasteiger partial charge in [-0.15, -0.1) is 12.4 Å². The molecule has 5 N–H and O–H groups in total. The number of unbranched alkanes of at least 4 members (excludes halogenated alkanes) is 1. The van der Waals surface area contributed by atoms with Gasteiger partial charge >= 0.3 is 6.03 Å². The Kier molecular flexibility index (Phi) is 8.01. The Labute approximate surface area is 149 Å². The van der Waals surface area contributed by atoms with Gasteiger partial charge in [0, 0.05) is 25.0 Å². The van der Waals surface area contributed by atoms with Crippen molar-refractivity contribution in [3.63, 3.8) is 0 Å². The highest BCUT2D eigenvalue weighted by Gasteiger charge is 2.36. The van der Waals surface area contributed by atoms with E-state index in [0.717, 1.165) is 18.4 Å². The van der Waals surface area contributed by atoms with Crippen molar-refractivity contribution >= 4 is 24.3 Å². The van der Waals surface area contributed by atoms with Crippen molar-refractivity contribution in [1.82, 2.24) is 10.2 Å². The predicted molar refractivity (Wildman–Crippen MR) is 97.0 cm³/mol. The number of benzene rings is 1. The third-order valence-corrected chi connectivity index (χ3v) is 4.37. The third-order valence-electron chi connectivity index (χ3n) is 4.37. The lowest BCUT2D eigenvalue weighted by atomic mass is 9.95. The minimum atomic E-state index is -0.664. The molecule has 0 spiro atoms. The van der Waals surface area contributed by atoms with Gasteiger partial charge in [0.25, 0.3) is 0 Å². The molecule has 24 heavy (non-hydrogen) atoms. The highest BCUT2D eigenvalue weighted by atomic mass is 35.5. The van der Waals surface area contributed by atoms with Crippen molar-refractivity contribution < 1.29 is 9.59 Å². The average molecular weight is 355 g/mol. The van der Waals surface area contributed by atoms with Crippen LogP contribution in [0.4, 0.5) is 4.79 Å². The van der Waals surface area contributed by atoms with Crippen molar-refractivity contribution in [3.8, 4) is 0 Å². The first-order valence-electron chi connectivity index (χ1n) is 8.18. The summed E-state index contributed by atoms with van der Waals surface area (Å²) >= 11 is 0. The molecule has 1 heterocycles. The van der Waals surface area contributed by atoms with E-state index in [1.807, 2.05) is 37.3 Å². The summed E-state index contributed by atoms with van der Waals surface area (Å²) in [4.78, 5) is 25.6. The highest BCUT2D eigenvalue weighted by Crippen LogP contribution is 2.27. The van der Waals surface area contributed by atoms with Gasteiger partial charge in [-0.1, -0.05) is 50.1 Å². The molecule has 7 heteroatoms. The first kappa shape index (κ1) is 20.3. The normalized spacial score (nSPS) is 21.0. The second kappa shape index (κ2) is 9.49. The van der Waals surface area contributed by atoms with Crippen LogP contribution in [0.15, 0.2) is 30.3 Å². The Bertz CT molecular complexity index is 541. The largest absolute Gasteiger partial charge is 0.352 e. The number of nitrogens with one attached hydrogen (secondary N) is 1. The summed E-state index contributed by atoms with van der Waals surface area (Å²) in [5.41, 5.74) is 12.6. The van der Waals surface area contributed by atoms with Gasteiger partial charge in [0.2, 0.25) is 5.91 Å². The lowest BCUT2D eigenvalue weighted by molar-refractivity contribution is -0.132. The van der Waals surface area contributed by atoms with Crippen LogP contribution in [0.1, 0.15) is 37.7 Å². The molecule has 3 amide bonds. The smallest absolute Gasteiger partial charge is 0.312 e. The molecule has 3 atom stereocenters. The fraction of sp³-hybridized carbons (Fsp3) is 0.529. The number of urea groups is 1. The van der Waals surface area contributed by atoms with Gasteiger partial charge in [-0.05, 0) is 12.0 Å². The summed E-state index contributed by atoms with van der Waals surface area (Å²) in [5, 5.41) is 2.57. The summed E-state index contributed by atoms with van der Waals surface area (Å²) in [7, 11) is 0. The van der Waals surface area contributed by atoms with Gasteiger partial charge in [-0.2, -0.15) is 0 Å². The van der Waals surface area contributed by atoms with Gasteiger partial charge in [0.15, 0.2) is 0 Å². The van der Waals surface area contributed by atoms with Gasteiger partial charge in [0.05, 0.1) is 0 Å². The number of hydrogen-bond acceptors (Lipinski definition) is 3. The van der Waals surface area contributed by atoms with E-state index in [2.05, 4.69) is 5.32 Å². The number of carbonyl (C=O) groups excluding carboxylic acids is 2. The topological polar surface area (TPSA) is 101 Å². The average Bonchev–Trinajstić information content (AvgIpc) is 2.93. The fourth-order valence-electron chi connectivity index (χ4n) is 3.12. The highest BCUT2D eigenvalue weighted by molar-refractivity contribution is 5.87. The molecule has 0 radical (unpaired) electrons. The van der Waals surface area contributed by atoms with E-state index >= 15 is 0 Å². The SMILES string of the molecule is CCCCC(NC(N)=O)C(=O)N1C[C@@H](N)[C@H](c2ccccc2)C1.Cl. The van der Waals surface area contributed by atoms with Gasteiger partial charge in [-0.25, -0.2) is 4.79 Å². The molecule has 1 aromatic carbocycles. The van der Waals surface area contributed by atoms with E-state index < -0.39 is 12.1 Å². The zero-order valence-corrected chi connectivity index (χ0v) is 14.8. The minimum Gasteiger partial charge on any atom is -0.352 e. The molecule has 2 rings (SSSR count). The molecule has 0 aliphatic carbocycles. The maximum absolute atomic E-state index is 12.7. The van der Waals surface area contributed by atoms with Crippen LogP contribution in [0.3, 0.4) is 0 Å². The van der Waals surface area contributed by atoms with E-state index in [1.54, 1.807) is 4.90 Å². The molecular weight excluding hydrogens is 328 g/mol. The fourth-order valence-corrected chi connectivity index (χ4v) is 3.12. The first-order valence-corrected chi connectivity index (χ1v) is 8.18. The van der Waals surface area contributed by atoms with Crippen molar-refractivity contribution in [3.05, 3.63) is 35.9 Å². The number of nitrogens with two attached hydrogens (primary N) is 2. The summed E-state index contributed by atoms with van der Waals surface area (Å²) in [5.74, 6) is 0.0340. The maximum Gasteiger partial charge on any atom is 0.312 e. The standard InChI is InChI=1S/C17H26N4O2.ClH/c1-2-3-9-15(20-17(19)23)16(22)21-10-13(14(18)11-21)12-7-5-4-6-8-12;/h4-8,13-15H,2-3,9-11,18H2,1H3,(H3,19,20,23);1H/t13-,14+,15?;/m0./s1. The van der Waals surface area contributed by atoms with Crippen LogP contribution < -0.4 is 16.8 Å². The van der Waals surface area contributed by atoms with Crippen molar-refractivity contribution in [2.45, 2.75) is 44.2 Å². The van der Waals surface area contributed by atoms with Crippen molar-refractivity contribution in [1.29, 1.82) is 0 Å². The molecule has 1 unspecified atom stereocenters. The number of likely N-dealkylation sites (tertiary alicyclic amines) is 1. The van der Waals surface area contributed by atoms with Crippen LogP contribution in [0.25, 0.3) is 0 Å². The number of primary amides is 1. The third kappa shape index (κ3) is 5.11. The zero-order valence-electron chi connectivity index (χ0n) is 14.0. The lowest BCUT2D eigenvalue weighted by Gasteiger charge is -2.23. The Morgan fingerprint density at radius 1 is 1.29 bits per heavy atom. The second-order valence-corrected chi connectivity index (χ2v) is 6.13. The van der Waals surface area contributed by atoms with E-state index in [0.29, 0.717) is 19.5 Å². The van der Waals surface area contributed by atoms with Crippen LogP contribution in [0, 0.1) is 0 Å². The van der Waals surface area contributed by atoms with Crippen LogP contribution >= 0.6 is 12.4 Å². The number of amides is 3. The van der Waals surface area contributed by atoms with E-state index in [1.165, 1.54) is 0 Å². The lowest BCUT2D eigenvalue weighted by Crippen LogP contribution is -2.49. The first-order chi connectivity index (χ1) is 11.0. The van der Waals surface area contributed by atoms with Crippen LogP contribution in [0.5, 0.6) is 0 Å². The molecule has 0 aromatic heterocycles. The predicted octanol–water partition coefficient (Wildman–Crippen LogP) is 1.59. The molecule has 134 valence electrons. The van der Waals surface area contributed by atoms with Crippen molar-refractivity contribution in [2.75, 3.05) is 13.1 Å². The van der Waals surface area contributed by atoms with Crippen molar-refractivity contribution in [2.24, 2.45) is 11.5 Å². The Balaban J connectivity index is 0.00000288. The van der Waals surface area contributed by atoms with Gasteiger partial charge < -0.3 is 21.7 Å². The molecular formula is C17H27ClN4O2. The molecule has 6 nitrogen and oxygen atoms in total. The number of hydrogen-bond donors (Lipinski definition) is 3. The molecule has 1 aromatic rings. The quantitative estimate of drug-likeness (QED) is 0.722. The van der Waals surface area contributed by atoms with E-state index in [9.17, 15) is 9.59 Å². The molecule has 1 aliphatic heterocycles. The monoisotopic (exact) mass is 354 g/mol. The summed E-state index contributed by atoms with van der Waals surface area (Å²) in [6, 6.07) is 8.67.